The standard InChI is InChI=1S/C12H13N5/c1-9(13-2)17-12-7-11(15-8-16-12)10-3-5-14-6-4-10/h3-8H,1-2H3,(H,13,15,16,17). The summed E-state index contributed by atoms with van der Waals surface area (Å²) in [7, 11) is 1.73. The molecule has 1 N–H and O–H groups in total. The van der Waals surface area contributed by atoms with Crippen LogP contribution >= 0.6 is 0 Å². The van der Waals surface area contributed by atoms with Crippen molar-refractivity contribution in [3.8, 4) is 11.3 Å². The van der Waals surface area contributed by atoms with Crippen LogP contribution in [0.2, 0.25) is 0 Å². The molecule has 0 atom stereocenters. The zero-order valence-corrected chi connectivity index (χ0v) is 9.75. The lowest BCUT2D eigenvalue weighted by Gasteiger charge is -2.05. The predicted molar refractivity (Wildman–Crippen MR) is 67.9 cm³/mol. The molecular weight excluding hydrogens is 214 g/mol. The number of pyridine rings is 1. The van der Waals surface area contributed by atoms with E-state index in [-0.39, 0.29) is 0 Å². The molecule has 0 radical (unpaired) electrons. The highest BCUT2D eigenvalue weighted by Crippen LogP contribution is 2.17. The Bertz CT molecular complexity index is 521. The van der Waals surface area contributed by atoms with E-state index in [9.17, 15) is 0 Å². The molecule has 0 aliphatic carbocycles. The Morgan fingerprint density at radius 3 is 2.71 bits per heavy atom. The van der Waals surface area contributed by atoms with Gasteiger partial charge in [-0.05, 0) is 19.1 Å². The van der Waals surface area contributed by atoms with Gasteiger partial charge in [0.25, 0.3) is 0 Å². The Labute approximate surface area is 99.7 Å². The van der Waals surface area contributed by atoms with E-state index < -0.39 is 0 Å². The van der Waals surface area contributed by atoms with Crippen LogP contribution in [0.4, 0.5) is 5.82 Å². The van der Waals surface area contributed by atoms with Crippen LogP contribution < -0.4 is 5.32 Å². The van der Waals surface area contributed by atoms with Gasteiger partial charge in [0.05, 0.1) is 11.5 Å². The molecule has 5 nitrogen and oxygen atoms in total. The van der Waals surface area contributed by atoms with Crippen molar-refractivity contribution in [2.75, 3.05) is 12.4 Å². The minimum atomic E-state index is 0.731. The average Bonchev–Trinajstić information content (AvgIpc) is 2.40. The third kappa shape index (κ3) is 2.84. The van der Waals surface area contributed by atoms with Crippen LogP contribution in [0.3, 0.4) is 0 Å². The molecule has 0 aromatic carbocycles. The molecular formula is C12H13N5. The molecule has 86 valence electrons. The maximum Gasteiger partial charge on any atom is 0.135 e. The molecule has 2 rings (SSSR count). The fourth-order valence-electron chi connectivity index (χ4n) is 1.35. The van der Waals surface area contributed by atoms with Crippen molar-refractivity contribution in [1.82, 2.24) is 15.0 Å². The zero-order valence-electron chi connectivity index (χ0n) is 9.75. The molecule has 5 heteroatoms. The first-order chi connectivity index (χ1) is 8.29. The fraction of sp³-hybridized carbons (Fsp3) is 0.167. The van der Waals surface area contributed by atoms with E-state index in [2.05, 4.69) is 25.3 Å². The van der Waals surface area contributed by atoms with Gasteiger partial charge in [0.2, 0.25) is 0 Å². The molecule has 17 heavy (non-hydrogen) atoms. The fourth-order valence-corrected chi connectivity index (χ4v) is 1.35. The number of anilines is 1. The Balaban J connectivity index is 2.29. The molecule has 0 aliphatic heterocycles. The third-order valence-electron chi connectivity index (χ3n) is 2.29. The van der Waals surface area contributed by atoms with Gasteiger partial charge in [0.1, 0.15) is 12.1 Å². The van der Waals surface area contributed by atoms with Crippen molar-refractivity contribution in [2.24, 2.45) is 4.99 Å². The molecule has 0 amide bonds. The van der Waals surface area contributed by atoms with E-state index in [0.29, 0.717) is 0 Å². The summed E-state index contributed by atoms with van der Waals surface area (Å²) in [5.41, 5.74) is 1.87. The quantitative estimate of drug-likeness (QED) is 0.629. The second-order valence-corrected chi connectivity index (χ2v) is 3.46. The van der Waals surface area contributed by atoms with E-state index in [1.165, 1.54) is 6.33 Å². The maximum atomic E-state index is 4.22. The topological polar surface area (TPSA) is 63.1 Å². The summed E-state index contributed by atoms with van der Waals surface area (Å²) in [6, 6.07) is 5.70. The van der Waals surface area contributed by atoms with Crippen LogP contribution in [0.5, 0.6) is 0 Å². The van der Waals surface area contributed by atoms with E-state index in [1.807, 2.05) is 25.1 Å². The third-order valence-corrected chi connectivity index (χ3v) is 2.29. The van der Waals surface area contributed by atoms with Gasteiger partial charge in [-0.3, -0.25) is 9.98 Å². The first-order valence-electron chi connectivity index (χ1n) is 5.22. The molecule has 2 heterocycles. The van der Waals surface area contributed by atoms with E-state index >= 15 is 0 Å². The van der Waals surface area contributed by atoms with Gasteiger partial charge in [-0.25, -0.2) is 9.97 Å². The highest BCUT2D eigenvalue weighted by Gasteiger charge is 2.01. The van der Waals surface area contributed by atoms with E-state index in [4.69, 9.17) is 0 Å². The van der Waals surface area contributed by atoms with Crippen LogP contribution in [0, 0.1) is 0 Å². The number of aliphatic imine (C=N–C) groups is 1. The number of aromatic nitrogens is 3. The SMILES string of the molecule is CN=C(C)Nc1cc(-c2ccncc2)ncn1. The first-order valence-corrected chi connectivity index (χ1v) is 5.22. The van der Waals surface area contributed by atoms with Gasteiger partial charge in [0.15, 0.2) is 0 Å². The molecule has 0 bridgehead atoms. The summed E-state index contributed by atoms with van der Waals surface area (Å²) < 4.78 is 0. The van der Waals surface area contributed by atoms with Gasteiger partial charge in [-0.15, -0.1) is 0 Å². The second kappa shape index (κ2) is 5.16. The molecule has 0 saturated carbocycles. The Morgan fingerprint density at radius 1 is 1.24 bits per heavy atom. The molecule has 2 aromatic heterocycles. The molecule has 0 unspecified atom stereocenters. The number of hydrogen-bond acceptors (Lipinski definition) is 4. The summed E-state index contributed by atoms with van der Waals surface area (Å²) in [5, 5.41) is 3.08. The second-order valence-electron chi connectivity index (χ2n) is 3.46. The Kier molecular flexibility index (Phi) is 3.40. The normalized spacial score (nSPS) is 11.3. The van der Waals surface area contributed by atoms with Crippen molar-refractivity contribution in [3.05, 3.63) is 36.9 Å². The maximum absolute atomic E-state index is 4.22. The van der Waals surface area contributed by atoms with Crippen molar-refractivity contribution in [3.63, 3.8) is 0 Å². The van der Waals surface area contributed by atoms with Gasteiger partial charge < -0.3 is 5.32 Å². The Morgan fingerprint density at radius 2 is 2.00 bits per heavy atom. The van der Waals surface area contributed by atoms with Crippen LogP contribution in [-0.4, -0.2) is 27.8 Å². The number of amidine groups is 1. The minimum Gasteiger partial charge on any atom is -0.329 e. The van der Waals surface area contributed by atoms with E-state index in [0.717, 1.165) is 22.9 Å². The number of rotatable bonds is 2. The summed E-state index contributed by atoms with van der Waals surface area (Å²) >= 11 is 0. The monoisotopic (exact) mass is 227 g/mol. The smallest absolute Gasteiger partial charge is 0.135 e. The van der Waals surface area contributed by atoms with Crippen LogP contribution in [0.15, 0.2) is 41.9 Å². The molecule has 0 spiro atoms. The van der Waals surface area contributed by atoms with Crippen molar-refractivity contribution in [1.29, 1.82) is 0 Å². The van der Waals surface area contributed by atoms with Crippen LogP contribution in [0.25, 0.3) is 11.3 Å². The van der Waals surface area contributed by atoms with E-state index in [1.54, 1.807) is 19.4 Å². The molecule has 0 aliphatic rings. The number of nitrogens with zero attached hydrogens (tertiary/aromatic N) is 4. The van der Waals surface area contributed by atoms with Gasteiger partial charge >= 0.3 is 0 Å². The lowest BCUT2D eigenvalue weighted by molar-refractivity contribution is 1.17. The summed E-state index contributed by atoms with van der Waals surface area (Å²) in [6.07, 6.45) is 5.01. The lowest BCUT2D eigenvalue weighted by atomic mass is 10.2. The summed E-state index contributed by atoms with van der Waals surface area (Å²) in [5.74, 6) is 1.54. The minimum absolute atomic E-state index is 0.731. The van der Waals surface area contributed by atoms with Gasteiger partial charge in [0, 0.05) is 31.1 Å². The van der Waals surface area contributed by atoms with Crippen LogP contribution in [0.1, 0.15) is 6.92 Å². The number of hydrogen-bond donors (Lipinski definition) is 1. The number of nitrogens with one attached hydrogen (secondary N) is 1. The Hall–Kier alpha value is -2.30. The molecule has 2 aromatic rings. The largest absolute Gasteiger partial charge is 0.329 e. The van der Waals surface area contributed by atoms with Gasteiger partial charge in [-0.1, -0.05) is 0 Å². The first kappa shape index (κ1) is 11.2. The molecule has 0 saturated heterocycles. The van der Waals surface area contributed by atoms with Crippen molar-refractivity contribution >= 4 is 11.7 Å². The highest BCUT2D eigenvalue weighted by atomic mass is 15.1. The highest BCUT2D eigenvalue weighted by molar-refractivity contribution is 5.92. The summed E-state index contributed by atoms with van der Waals surface area (Å²) in [4.78, 5) is 16.4. The van der Waals surface area contributed by atoms with Crippen LogP contribution in [-0.2, 0) is 0 Å². The summed E-state index contributed by atoms with van der Waals surface area (Å²) in [6.45, 7) is 1.88. The lowest BCUT2D eigenvalue weighted by Crippen LogP contribution is -2.08. The average molecular weight is 227 g/mol. The zero-order chi connectivity index (χ0) is 12.1. The van der Waals surface area contributed by atoms with Gasteiger partial charge in [-0.2, -0.15) is 0 Å². The predicted octanol–water partition coefficient (Wildman–Crippen LogP) is 2.00. The van der Waals surface area contributed by atoms with Crippen molar-refractivity contribution in [2.45, 2.75) is 6.92 Å². The van der Waals surface area contributed by atoms with Crippen molar-refractivity contribution < 1.29 is 0 Å². The molecule has 0 fully saturated rings.